The molecule has 5 rings (SSSR count). The molecular weight excluding hydrogens is 581 g/mol. The second-order valence-corrected chi connectivity index (χ2v) is 10.9. The summed E-state index contributed by atoms with van der Waals surface area (Å²) in [4.78, 5) is 43.4. The first-order valence-corrected chi connectivity index (χ1v) is 14.3. The van der Waals surface area contributed by atoms with E-state index in [-0.39, 0.29) is 42.3 Å². The van der Waals surface area contributed by atoms with Crippen molar-refractivity contribution in [2.75, 3.05) is 7.11 Å². The van der Waals surface area contributed by atoms with Gasteiger partial charge in [-0.2, -0.15) is 0 Å². The van der Waals surface area contributed by atoms with E-state index in [4.69, 9.17) is 24.7 Å². The van der Waals surface area contributed by atoms with Crippen molar-refractivity contribution in [3.8, 4) is 0 Å². The molecule has 0 fully saturated rings. The van der Waals surface area contributed by atoms with Gasteiger partial charge in [0, 0.05) is 17.6 Å². The minimum atomic E-state index is -1.20. The summed E-state index contributed by atoms with van der Waals surface area (Å²) in [5.41, 5.74) is 11.3. The first kappa shape index (κ1) is 33.6. The zero-order valence-corrected chi connectivity index (χ0v) is 27.6. The summed E-state index contributed by atoms with van der Waals surface area (Å²) in [5.74, 6) is -1.49. The number of esters is 1. The smallest absolute Gasteiger partial charge is 0.657 e. The number of aromatic nitrogens is 4. The summed E-state index contributed by atoms with van der Waals surface area (Å²) in [6.45, 7) is 15.7. The molecule has 1 unspecified atom stereocenters. The third-order valence-corrected chi connectivity index (χ3v) is 8.31. The second kappa shape index (κ2) is 13.4. The molecule has 45 heavy (non-hydrogen) atoms. The van der Waals surface area contributed by atoms with Gasteiger partial charge in [0.2, 0.25) is 0 Å². The third kappa shape index (κ3) is 6.31. The number of aliphatic carboxylic acids is 1. The average molecular weight is 615 g/mol. The number of methoxy groups -OCH3 is 1. The van der Waals surface area contributed by atoms with E-state index in [1.54, 1.807) is 18.2 Å². The number of nitrogens with zero attached hydrogens (tertiary/aromatic N) is 4. The molecule has 9 nitrogen and oxygen atoms in total. The van der Waals surface area contributed by atoms with Gasteiger partial charge in [0.05, 0.1) is 42.4 Å². The van der Waals surface area contributed by atoms with Gasteiger partial charge in [0.25, 0.3) is 0 Å². The fourth-order valence-corrected chi connectivity index (χ4v) is 5.80. The molecule has 0 saturated heterocycles. The Kier molecular flexibility index (Phi) is 10.0. The van der Waals surface area contributed by atoms with Crippen LogP contribution in [-0.4, -0.2) is 62.3 Å². The van der Waals surface area contributed by atoms with E-state index in [2.05, 4.69) is 13.2 Å². The van der Waals surface area contributed by atoms with Gasteiger partial charge in [-0.05, 0) is 56.9 Å². The molecule has 2 aliphatic rings. The van der Waals surface area contributed by atoms with Crippen molar-refractivity contribution in [1.29, 1.82) is 0 Å². The molecule has 8 bridgehead atoms. The van der Waals surface area contributed by atoms with E-state index in [1.165, 1.54) is 7.11 Å². The summed E-state index contributed by atoms with van der Waals surface area (Å²) in [5, 5.41) is 20.7. The topological polar surface area (TPSA) is 138 Å². The molecule has 5 heterocycles. The number of fused-ring (bicyclic) bond motifs is 8. The van der Waals surface area contributed by atoms with Crippen molar-refractivity contribution < 1.29 is 24.5 Å². The maximum Gasteiger partial charge on any atom is 2.00 e. The van der Waals surface area contributed by atoms with Crippen LogP contribution in [0.15, 0.2) is 49.6 Å². The van der Waals surface area contributed by atoms with Gasteiger partial charge >= 0.3 is 35.0 Å². The first-order valence-electron chi connectivity index (χ1n) is 14.3. The fourth-order valence-electron chi connectivity index (χ4n) is 5.80. The van der Waals surface area contributed by atoms with E-state index >= 15 is 0 Å². The van der Waals surface area contributed by atoms with E-state index in [0.717, 1.165) is 44.8 Å². The number of carbonyl (C=O) groups is 2. The monoisotopic (exact) mass is 614 g/mol. The summed E-state index contributed by atoms with van der Waals surface area (Å²) >= 11 is 0. The number of carboxylic acid groups (broad SMARTS) is 1. The zero-order valence-electron chi connectivity index (χ0n) is 26.2. The number of aliphatic hydroxyl groups excluding tert-OH is 1. The van der Waals surface area contributed by atoms with Gasteiger partial charge in [-0.3, -0.25) is 9.59 Å². The van der Waals surface area contributed by atoms with Crippen LogP contribution in [0.2, 0.25) is 0 Å². The number of hydrogen-bond donors (Lipinski definition) is 2. The van der Waals surface area contributed by atoms with Crippen LogP contribution in [0.5, 0.6) is 0 Å². The van der Waals surface area contributed by atoms with E-state index in [1.807, 2.05) is 45.9 Å². The molecule has 0 amide bonds. The number of aliphatic hydroxyl groups is 1. The Morgan fingerprint density at radius 2 is 1.38 bits per heavy atom. The Morgan fingerprint density at radius 1 is 0.844 bits per heavy atom. The van der Waals surface area contributed by atoms with Gasteiger partial charge in [-0.1, -0.05) is 60.2 Å². The van der Waals surface area contributed by atoms with Crippen LogP contribution in [0.25, 0.3) is 44.4 Å². The zero-order chi connectivity index (χ0) is 31.9. The van der Waals surface area contributed by atoms with Gasteiger partial charge in [-0.15, -0.1) is 22.1 Å². The maximum absolute atomic E-state index is 12.2. The third-order valence-electron chi connectivity index (χ3n) is 8.31. The predicted octanol–water partition coefficient (Wildman–Crippen LogP) is 5.66. The van der Waals surface area contributed by atoms with Crippen LogP contribution < -0.4 is 9.97 Å². The van der Waals surface area contributed by atoms with Crippen molar-refractivity contribution in [1.82, 2.24) is 19.9 Å². The molecule has 3 aromatic heterocycles. The molecule has 0 spiro atoms. The van der Waals surface area contributed by atoms with Crippen LogP contribution >= 0.6 is 0 Å². The van der Waals surface area contributed by atoms with Gasteiger partial charge in [-0.25, -0.2) is 9.97 Å². The number of hydrogen-bond acceptors (Lipinski definition) is 6. The summed E-state index contributed by atoms with van der Waals surface area (Å²) in [7, 11) is 1.27. The fraction of sp³-hybridized carbons (Fsp3) is 0.257. The van der Waals surface area contributed by atoms with E-state index in [9.17, 15) is 19.8 Å². The number of carbonyl (C=O) groups excluding carboxylic acids is 1. The van der Waals surface area contributed by atoms with Crippen molar-refractivity contribution in [3.63, 3.8) is 0 Å². The summed E-state index contributed by atoms with van der Waals surface area (Å²) in [6, 6.07) is 7.41. The molecule has 0 radical (unpaired) electrons. The Morgan fingerprint density at radius 3 is 1.96 bits per heavy atom. The van der Waals surface area contributed by atoms with Crippen molar-refractivity contribution in [3.05, 3.63) is 94.6 Å². The molecule has 3 aromatic rings. The molecule has 0 saturated carbocycles. The molecular formula is C35H34MgN4O5. The standard InChI is InChI=1S/C35H35N4O5.Mg/c1-8-21-17(3)24-12-25-19(5)23(10-11-33(41)42)30(38-25)15-31-35(32(40)16-34(43)44-7)20(6)27(39-31)14-29-22(9-2)18(4)26(37-29)13-28(21)36-24;/h8-9,12-15,32,40H,1-2,10-11,16H2,3-7H3,(H2-,36,37,38,39,41,42);/q-1;+2/p-1. The number of carboxylic acids is 1. The van der Waals surface area contributed by atoms with Crippen LogP contribution in [-0.2, 0) is 20.7 Å². The molecule has 226 valence electrons. The molecule has 0 aliphatic carbocycles. The molecule has 2 N–H and O–H groups in total. The van der Waals surface area contributed by atoms with E-state index in [0.29, 0.717) is 44.6 Å². The Labute approximate surface area is 277 Å². The van der Waals surface area contributed by atoms with Crippen LogP contribution in [0.1, 0.15) is 77.8 Å². The van der Waals surface area contributed by atoms with Crippen LogP contribution in [0.4, 0.5) is 0 Å². The molecule has 0 aromatic carbocycles. The van der Waals surface area contributed by atoms with Crippen molar-refractivity contribution in [2.45, 2.75) is 53.1 Å². The van der Waals surface area contributed by atoms with E-state index < -0.39 is 18.0 Å². The predicted molar refractivity (Wildman–Crippen MR) is 177 cm³/mol. The average Bonchev–Trinajstić information content (AvgIpc) is 3.64. The number of aryl methyl sites for hydroxylation is 3. The SMILES string of the molecule is C=CC1=C(C)c2cc3[n-]c(cc4[n-]c(cc5nc(cc1n2)C(C)=C5C=C)c(C)c4C(O)CC(=O)OC)c(CCC(=O)O)c3C.[Mg+2]. The Hall–Kier alpha value is -4.25. The van der Waals surface area contributed by atoms with Gasteiger partial charge < -0.3 is 24.9 Å². The Balaban J connectivity index is 0.00000461. The summed E-state index contributed by atoms with van der Waals surface area (Å²) in [6.07, 6.45) is 2.24. The number of ether oxygens (including phenoxy) is 1. The quantitative estimate of drug-likeness (QED) is 0.243. The van der Waals surface area contributed by atoms with Crippen LogP contribution in [0, 0.1) is 13.8 Å². The van der Waals surface area contributed by atoms with Gasteiger partial charge in [0.1, 0.15) is 0 Å². The minimum Gasteiger partial charge on any atom is -0.657 e. The van der Waals surface area contributed by atoms with Crippen molar-refractivity contribution >= 4 is 79.4 Å². The minimum absolute atomic E-state index is 0. The molecule has 2 aliphatic heterocycles. The number of rotatable bonds is 8. The second-order valence-electron chi connectivity index (χ2n) is 10.9. The Bertz CT molecular complexity index is 1980. The number of allylic oxidation sites excluding steroid dienone is 6. The van der Waals surface area contributed by atoms with Crippen LogP contribution in [0.3, 0.4) is 0 Å². The summed E-state index contributed by atoms with van der Waals surface area (Å²) < 4.78 is 4.82. The van der Waals surface area contributed by atoms with Gasteiger partial charge in [0.15, 0.2) is 0 Å². The molecule has 1 atom stereocenters. The maximum atomic E-state index is 12.2. The molecule has 10 heteroatoms. The first-order chi connectivity index (χ1) is 21.0. The van der Waals surface area contributed by atoms with Crippen molar-refractivity contribution in [2.24, 2.45) is 0 Å². The normalized spacial score (nSPS) is 13.4. The largest absolute Gasteiger partial charge is 2.00 e.